The van der Waals surface area contributed by atoms with Crippen LogP contribution in [0.3, 0.4) is 0 Å². The summed E-state index contributed by atoms with van der Waals surface area (Å²) < 4.78 is 4.97. The molecule has 2 heterocycles. The molecule has 1 aliphatic heterocycles. The molecule has 0 fully saturated rings. The molecule has 12 heavy (non-hydrogen) atoms. The van der Waals surface area contributed by atoms with Crippen molar-refractivity contribution in [2.24, 2.45) is 10.7 Å². The van der Waals surface area contributed by atoms with Crippen molar-refractivity contribution in [2.45, 2.75) is 6.10 Å². The SMILES string of the molecule is NC1=NC(=O)C(c2cncs2)O1. The van der Waals surface area contributed by atoms with E-state index in [-0.39, 0.29) is 11.9 Å². The molecule has 1 amide bonds. The van der Waals surface area contributed by atoms with Crippen LogP contribution in [0.1, 0.15) is 11.0 Å². The molecule has 1 aromatic heterocycles. The molecule has 2 N–H and O–H groups in total. The van der Waals surface area contributed by atoms with Crippen LogP contribution in [0.25, 0.3) is 0 Å². The first-order valence-corrected chi connectivity index (χ1v) is 4.08. The van der Waals surface area contributed by atoms with Gasteiger partial charge in [-0.25, -0.2) is 0 Å². The van der Waals surface area contributed by atoms with Crippen molar-refractivity contribution in [1.82, 2.24) is 4.98 Å². The summed E-state index contributed by atoms with van der Waals surface area (Å²) >= 11 is 1.34. The van der Waals surface area contributed by atoms with Crippen molar-refractivity contribution < 1.29 is 9.53 Å². The summed E-state index contributed by atoms with van der Waals surface area (Å²) in [4.78, 5) is 19.1. The van der Waals surface area contributed by atoms with Gasteiger partial charge < -0.3 is 10.5 Å². The number of nitrogens with two attached hydrogens (primary N) is 1. The summed E-state index contributed by atoms with van der Waals surface area (Å²) in [7, 11) is 0. The third-order valence-corrected chi connectivity index (χ3v) is 2.21. The molecule has 1 aliphatic rings. The molecule has 6 heteroatoms. The van der Waals surface area contributed by atoms with Gasteiger partial charge in [-0.3, -0.25) is 9.78 Å². The first kappa shape index (κ1) is 7.23. The van der Waals surface area contributed by atoms with Crippen LogP contribution in [-0.4, -0.2) is 16.9 Å². The number of nitrogens with zero attached hydrogens (tertiary/aromatic N) is 2. The maximum atomic E-state index is 11.1. The Bertz CT molecular complexity index is 333. The van der Waals surface area contributed by atoms with Gasteiger partial charge in [0.2, 0.25) is 6.10 Å². The van der Waals surface area contributed by atoms with E-state index in [4.69, 9.17) is 10.5 Å². The molecule has 2 rings (SSSR count). The number of amidine groups is 1. The van der Waals surface area contributed by atoms with Gasteiger partial charge in [0.15, 0.2) is 0 Å². The predicted molar refractivity (Wildman–Crippen MR) is 42.6 cm³/mol. The van der Waals surface area contributed by atoms with E-state index < -0.39 is 6.10 Å². The van der Waals surface area contributed by atoms with Gasteiger partial charge in [-0.15, -0.1) is 11.3 Å². The fraction of sp³-hybridized carbons (Fsp3) is 0.167. The Morgan fingerprint density at radius 1 is 1.67 bits per heavy atom. The van der Waals surface area contributed by atoms with Crippen LogP contribution in [0.4, 0.5) is 0 Å². The monoisotopic (exact) mass is 183 g/mol. The number of amides is 1. The fourth-order valence-electron chi connectivity index (χ4n) is 0.900. The Hall–Kier alpha value is -1.43. The molecule has 0 aliphatic carbocycles. The molecule has 0 bridgehead atoms. The highest BCUT2D eigenvalue weighted by Gasteiger charge is 2.30. The number of aromatic nitrogens is 1. The van der Waals surface area contributed by atoms with Gasteiger partial charge in [-0.05, 0) is 0 Å². The Labute approximate surface area is 71.9 Å². The molecule has 62 valence electrons. The first-order valence-electron chi connectivity index (χ1n) is 3.20. The number of rotatable bonds is 1. The lowest BCUT2D eigenvalue weighted by Crippen LogP contribution is -2.13. The zero-order chi connectivity index (χ0) is 8.55. The van der Waals surface area contributed by atoms with E-state index >= 15 is 0 Å². The van der Waals surface area contributed by atoms with Gasteiger partial charge in [-0.2, -0.15) is 4.99 Å². The molecule has 0 radical (unpaired) electrons. The minimum atomic E-state index is -0.669. The van der Waals surface area contributed by atoms with Crippen LogP contribution in [0.15, 0.2) is 16.7 Å². The summed E-state index contributed by atoms with van der Waals surface area (Å²) in [6.07, 6.45) is 0.902. The van der Waals surface area contributed by atoms with E-state index in [2.05, 4.69) is 9.98 Å². The number of ether oxygens (including phenoxy) is 1. The van der Waals surface area contributed by atoms with Gasteiger partial charge in [0, 0.05) is 6.20 Å². The van der Waals surface area contributed by atoms with E-state index in [9.17, 15) is 4.79 Å². The topological polar surface area (TPSA) is 77.6 Å². The highest BCUT2D eigenvalue weighted by molar-refractivity contribution is 7.09. The van der Waals surface area contributed by atoms with Gasteiger partial charge >= 0.3 is 0 Å². The number of thiazole rings is 1. The van der Waals surface area contributed by atoms with Crippen LogP contribution < -0.4 is 5.73 Å². The summed E-state index contributed by atoms with van der Waals surface area (Å²) in [5, 5.41) is 0. The van der Waals surface area contributed by atoms with E-state index in [1.807, 2.05) is 0 Å². The minimum Gasteiger partial charge on any atom is -0.446 e. The molecule has 0 aromatic carbocycles. The lowest BCUT2D eigenvalue weighted by Gasteiger charge is -2.03. The molecule has 0 spiro atoms. The molecule has 0 saturated carbocycles. The second-order valence-corrected chi connectivity index (χ2v) is 3.11. The lowest BCUT2D eigenvalue weighted by atomic mass is 10.3. The average Bonchev–Trinajstić information content (AvgIpc) is 2.58. The number of carbonyl (C=O) groups is 1. The van der Waals surface area contributed by atoms with Crippen LogP contribution in [0, 0.1) is 0 Å². The highest BCUT2D eigenvalue weighted by Crippen LogP contribution is 2.25. The Morgan fingerprint density at radius 2 is 2.50 bits per heavy atom. The predicted octanol–water partition coefficient (Wildman–Crippen LogP) is 0.0557. The molecular formula is C6H5N3O2S. The standard InChI is InChI=1S/C6H5N3O2S/c7-6-9-5(10)4(11-6)3-1-8-2-12-3/h1-2,4H,(H2,7,9,10). The van der Waals surface area contributed by atoms with Crippen molar-refractivity contribution in [3.05, 3.63) is 16.6 Å². The molecule has 5 nitrogen and oxygen atoms in total. The summed E-state index contributed by atoms with van der Waals surface area (Å²) in [6.45, 7) is 0. The van der Waals surface area contributed by atoms with Gasteiger partial charge in [-0.1, -0.05) is 0 Å². The second-order valence-electron chi connectivity index (χ2n) is 2.19. The van der Waals surface area contributed by atoms with Gasteiger partial charge in [0.25, 0.3) is 11.9 Å². The number of carbonyl (C=O) groups excluding carboxylic acids is 1. The molecule has 1 unspecified atom stereocenters. The van der Waals surface area contributed by atoms with Crippen molar-refractivity contribution >= 4 is 23.3 Å². The second kappa shape index (κ2) is 2.56. The van der Waals surface area contributed by atoms with Crippen LogP contribution in [0.5, 0.6) is 0 Å². The average molecular weight is 183 g/mol. The summed E-state index contributed by atoms with van der Waals surface area (Å²) in [5.74, 6) is -0.364. The van der Waals surface area contributed by atoms with Crippen molar-refractivity contribution in [3.63, 3.8) is 0 Å². The van der Waals surface area contributed by atoms with Gasteiger partial charge in [0.05, 0.1) is 10.4 Å². The molecule has 0 saturated heterocycles. The van der Waals surface area contributed by atoms with E-state index in [0.717, 1.165) is 4.88 Å². The normalized spacial score (nSPS) is 22.2. The molecule has 1 aromatic rings. The molecular weight excluding hydrogens is 178 g/mol. The smallest absolute Gasteiger partial charge is 0.296 e. The minimum absolute atomic E-state index is 0.0709. The lowest BCUT2D eigenvalue weighted by molar-refractivity contribution is -0.122. The zero-order valence-electron chi connectivity index (χ0n) is 5.93. The maximum Gasteiger partial charge on any atom is 0.296 e. The Kier molecular flexibility index (Phi) is 1.54. The third-order valence-electron chi connectivity index (χ3n) is 1.39. The van der Waals surface area contributed by atoms with Crippen LogP contribution in [-0.2, 0) is 9.53 Å². The third kappa shape index (κ3) is 1.06. The number of aliphatic imine (C=N–C) groups is 1. The quantitative estimate of drug-likeness (QED) is 0.667. The van der Waals surface area contributed by atoms with Crippen LogP contribution >= 0.6 is 11.3 Å². The molecule has 1 atom stereocenters. The van der Waals surface area contributed by atoms with Crippen molar-refractivity contribution in [2.75, 3.05) is 0 Å². The highest BCUT2D eigenvalue weighted by atomic mass is 32.1. The van der Waals surface area contributed by atoms with Crippen molar-refractivity contribution in [3.8, 4) is 0 Å². The van der Waals surface area contributed by atoms with Crippen molar-refractivity contribution in [1.29, 1.82) is 0 Å². The van der Waals surface area contributed by atoms with E-state index in [0.29, 0.717) is 0 Å². The summed E-state index contributed by atoms with van der Waals surface area (Å²) in [6, 6.07) is -0.0709. The van der Waals surface area contributed by atoms with E-state index in [1.54, 1.807) is 11.7 Å². The largest absolute Gasteiger partial charge is 0.446 e. The van der Waals surface area contributed by atoms with Crippen LogP contribution in [0.2, 0.25) is 0 Å². The first-order chi connectivity index (χ1) is 5.77. The Balaban J connectivity index is 2.25. The van der Waals surface area contributed by atoms with E-state index in [1.165, 1.54) is 11.3 Å². The summed E-state index contributed by atoms with van der Waals surface area (Å²) in [5.41, 5.74) is 6.84. The maximum absolute atomic E-state index is 11.1. The number of hydrogen-bond acceptors (Lipinski definition) is 5. The Morgan fingerprint density at radius 3 is 3.00 bits per heavy atom. The van der Waals surface area contributed by atoms with Gasteiger partial charge in [0.1, 0.15) is 0 Å². The zero-order valence-corrected chi connectivity index (χ0v) is 6.75. The fourth-order valence-corrected chi connectivity index (χ4v) is 1.54. The number of hydrogen-bond donors (Lipinski definition) is 1.